The van der Waals surface area contributed by atoms with Crippen molar-refractivity contribution in [2.45, 2.75) is 0 Å². The average molecular weight is 243 g/mol. The third kappa shape index (κ3) is 2.27. The molecule has 0 aliphatic rings. The third-order valence-electron chi connectivity index (χ3n) is 2.63. The molecule has 0 fully saturated rings. The zero-order chi connectivity index (χ0) is 13.1. The SMILES string of the molecule is COc1cc(-c2ccc(C(=O)O)cc2)ccc1[O-]. The van der Waals surface area contributed by atoms with Crippen LogP contribution in [0.2, 0.25) is 0 Å². The lowest BCUT2D eigenvalue weighted by Gasteiger charge is -2.13. The normalized spacial score (nSPS) is 10.1. The first-order valence-corrected chi connectivity index (χ1v) is 5.30. The third-order valence-corrected chi connectivity index (χ3v) is 2.63. The van der Waals surface area contributed by atoms with E-state index >= 15 is 0 Å². The van der Waals surface area contributed by atoms with Crippen molar-refractivity contribution in [3.63, 3.8) is 0 Å². The molecule has 2 aromatic rings. The van der Waals surface area contributed by atoms with Gasteiger partial charge in [-0.2, -0.15) is 0 Å². The number of benzene rings is 2. The van der Waals surface area contributed by atoms with Gasteiger partial charge in [0, 0.05) is 0 Å². The van der Waals surface area contributed by atoms with Crippen LogP contribution in [0.4, 0.5) is 0 Å². The molecule has 0 spiro atoms. The lowest BCUT2D eigenvalue weighted by atomic mass is 10.0. The van der Waals surface area contributed by atoms with Crippen LogP contribution >= 0.6 is 0 Å². The number of hydrogen-bond acceptors (Lipinski definition) is 3. The highest BCUT2D eigenvalue weighted by Gasteiger charge is 2.04. The topological polar surface area (TPSA) is 69.6 Å². The fraction of sp³-hybridized carbons (Fsp3) is 0.0714. The molecule has 0 amide bonds. The van der Waals surface area contributed by atoms with Gasteiger partial charge in [-0.05, 0) is 29.3 Å². The Morgan fingerprint density at radius 2 is 1.72 bits per heavy atom. The predicted octanol–water partition coefficient (Wildman–Crippen LogP) is 2.13. The summed E-state index contributed by atoms with van der Waals surface area (Å²) < 4.78 is 4.96. The van der Waals surface area contributed by atoms with E-state index in [1.165, 1.54) is 25.3 Å². The second-order valence-corrected chi connectivity index (χ2v) is 3.75. The molecule has 2 aromatic carbocycles. The molecule has 4 heteroatoms. The summed E-state index contributed by atoms with van der Waals surface area (Å²) in [5.41, 5.74) is 1.87. The Balaban J connectivity index is 2.39. The fourth-order valence-electron chi connectivity index (χ4n) is 1.65. The van der Waals surface area contributed by atoms with Crippen molar-refractivity contribution in [2.24, 2.45) is 0 Å². The van der Waals surface area contributed by atoms with Gasteiger partial charge in [0.2, 0.25) is 0 Å². The molecular weight excluding hydrogens is 232 g/mol. The first-order valence-electron chi connectivity index (χ1n) is 5.30. The molecule has 1 N–H and O–H groups in total. The first kappa shape index (κ1) is 12.0. The highest BCUT2D eigenvalue weighted by Crippen LogP contribution is 2.29. The van der Waals surface area contributed by atoms with Crippen molar-refractivity contribution in [3.8, 4) is 22.6 Å². The van der Waals surface area contributed by atoms with E-state index in [1.807, 2.05) is 0 Å². The number of carbonyl (C=O) groups is 1. The van der Waals surface area contributed by atoms with E-state index in [-0.39, 0.29) is 17.1 Å². The molecule has 0 aliphatic heterocycles. The predicted molar refractivity (Wildman–Crippen MR) is 64.8 cm³/mol. The van der Waals surface area contributed by atoms with Gasteiger partial charge in [0.1, 0.15) is 5.75 Å². The van der Waals surface area contributed by atoms with Gasteiger partial charge < -0.3 is 14.9 Å². The van der Waals surface area contributed by atoms with Crippen LogP contribution in [0.25, 0.3) is 11.1 Å². The summed E-state index contributed by atoms with van der Waals surface area (Å²) >= 11 is 0. The van der Waals surface area contributed by atoms with Crippen molar-refractivity contribution >= 4 is 5.97 Å². The van der Waals surface area contributed by atoms with E-state index in [4.69, 9.17) is 9.84 Å². The molecule has 4 nitrogen and oxygen atoms in total. The maximum Gasteiger partial charge on any atom is 0.335 e. The summed E-state index contributed by atoms with van der Waals surface area (Å²) in [6, 6.07) is 11.2. The maximum atomic E-state index is 11.4. The lowest BCUT2D eigenvalue weighted by molar-refractivity contribution is -0.270. The number of hydrogen-bond donors (Lipinski definition) is 1. The molecule has 0 aliphatic carbocycles. The van der Waals surface area contributed by atoms with E-state index in [1.54, 1.807) is 24.3 Å². The number of ether oxygens (including phenoxy) is 1. The molecule has 0 saturated carbocycles. The van der Waals surface area contributed by atoms with Gasteiger partial charge in [0.05, 0.1) is 12.7 Å². The van der Waals surface area contributed by atoms with Gasteiger partial charge in [0.15, 0.2) is 0 Å². The average Bonchev–Trinajstić information content (AvgIpc) is 2.39. The largest absolute Gasteiger partial charge is 0.870 e. The van der Waals surface area contributed by atoms with Gasteiger partial charge in [-0.1, -0.05) is 30.0 Å². The minimum Gasteiger partial charge on any atom is -0.870 e. The molecule has 0 atom stereocenters. The molecule has 0 unspecified atom stereocenters. The molecule has 0 radical (unpaired) electrons. The molecule has 0 bridgehead atoms. The van der Waals surface area contributed by atoms with Crippen LogP contribution in [-0.2, 0) is 0 Å². The molecule has 0 aromatic heterocycles. The summed E-state index contributed by atoms with van der Waals surface area (Å²) in [5, 5.41) is 20.2. The van der Waals surface area contributed by atoms with Crippen molar-refractivity contribution in [3.05, 3.63) is 48.0 Å². The van der Waals surface area contributed by atoms with Crippen LogP contribution in [0.3, 0.4) is 0 Å². The number of methoxy groups -OCH3 is 1. The van der Waals surface area contributed by atoms with Crippen LogP contribution in [0, 0.1) is 0 Å². The minimum absolute atomic E-state index is 0.177. The van der Waals surface area contributed by atoms with Gasteiger partial charge in [-0.3, -0.25) is 0 Å². The highest BCUT2D eigenvalue weighted by molar-refractivity contribution is 5.88. The summed E-state index contributed by atoms with van der Waals surface area (Å²) in [4.78, 5) is 10.7. The van der Waals surface area contributed by atoms with Crippen molar-refractivity contribution in [2.75, 3.05) is 7.11 Å². The van der Waals surface area contributed by atoms with Crippen molar-refractivity contribution < 1.29 is 19.7 Å². The van der Waals surface area contributed by atoms with Crippen molar-refractivity contribution in [1.29, 1.82) is 0 Å². The lowest BCUT2D eigenvalue weighted by Crippen LogP contribution is -1.96. The number of aromatic carboxylic acids is 1. The van der Waals surface area contributed by atoms with E-state index in [2.05, 4.69) is 0 Å². The Kier molecular flexibility index (Phi) is 3.19. The Labute approximate surface area is 104 Å². The Hall–Kier alpha value is -2.49. The number of carboxylic acids is 1. The van der Waals surface area contributed by atoms with Gasteiger partial charge in [0.25, 0.3) is 0 Å². The molecule has 0 heterocycles. The molecule has 0 saturated heterocycles. The zero-order valence-corrected chi connectivity index (χ0v) is 9.71. The second kappa shape index (κ2) is 4.79. The monoisotopic (exact) mass is 243 g/mol. The van der Waals surface area contributed by atoms with Crippen molar-refractivity contribution in [1.82, 2.24) is 0 Å². The van der Waals surface area contributed by atoms with Crippen LogP contribution < -0.4 is 9.84 Å². The second-order valence-electron chi connectivity index (χ2n) is 3.75. The molecular formula is C14H11O4-. The standard InChI is InChI=1S/C14H12O4/c1-18-13-8-11(6-7-12(13)15)9-2-4-10(5-3-9)14(16)17/h2-8,15H,1H3,(H,16,17)/p-1. The van der Waals surface area contributed by atoms with Gasteiger partial charge in [-0.25, -0.2) is 4.79 Å². The van der Waals surface area contributed by atoms with E-state index in [0.29, 0.717) is 0 Å². The number of carboxylic acid groups (broad SMARTS) is 1. The molecule has 2 rings (SSSR count). The fourth-order valence-corrected chi connectivity index (χ4v) is 1.65. The van der Waals surface area contributed by atoms with Gasteiger partial charge >= 0.3 is 5.97 Å². The van der Waals surface area contributed by atoms with Crippen LogP contribution in [0.1, 0.15) is 10.4 Å². The van der Waals surface area contributed by atoms with Crippen LogP contribution in [0.5, 0.6) is 11.5 Å². The van der Waals surface area contributed by atoms with Gasteiger partial charge in [-0.15, -0.1) is 0 Å². The quantitative estimate of drug-likeness (QED) is 0.896. The maximum absolute atomic E-state index is 11.4. The Morgan fingerprint density at radius 3 is 2.28 bits per heavy atom. The summed E-state index contributed by atoms with van der Waals surface area (Å²) in [6.07, 6.45) is 0. The Morgan fingerprint density at radius 1 is 1.11 bits per heavy atom. The van der Waals surface area contributed by atoms with Crippen LogP contribution in [-0.4, -0.2) is 18.2 Å². The van der Waals surface area contributed by atoms with E-state index in [9.17, 15) is 9.90 Å². The van der Waals surface area contributed by atoms with E-state index < -0.39 is 5.97 Å². The molecule has 18 heavy (non-hydrogen) atoms. The zero-order valence-electron chi connectivity index (χ0n) is 9.71. The number of rotatable bonds is 3. The summed E-state index contributed by atoms with van der Waals surface area (Å²) in [6.45, 7) is 0. The highest BCUT2D eigenvalue weighted by atomic mass is 16.5. The van der Waals surface area contributed by atoms with Crippen LogP contribution in [0.15, 0.2) is 42.5 Å². The Bertz CT molecular complexity index is 573. The summed E-state index contributed by atoms with van der Waals surface area (Å²) in [5.74, 6) is -0.868. The first-order chi connectivity index (χ1) is 8.61. The smallest absolute Gasteiger partial charge is 0.335 e. The minimum atomic E-state index is -0.964. The summed E-state index contributed by atoms with van der Waals surface area (Å²) in [7, 11) is 1.44. The van der Waals surface area contributed by atoms with E-state index in [0.717, 1.165) is 11.1 Å². The molecule has 92 valence electrons.